The minimum absolute atomic E-state index is 0.00258. The summed E-state index contributed by atoms with van der Waals surface area (Å²) in [5.41, 5.74) is 0.671. The zero-order valence-electron chi connectivity index (χ0n) is 15.5. The molecule has 2 saturated heterocycles. The summed E-state index contributed by atoms with van der Waals surface area (Å²) < 4.78 is 34.4. The average Bonchev–Trinajstić information content (AvgIpc) is 3.34. The minimum atomic E-state index is -3.52. The van der Waals surface area contributed by atoms with Crippen LogP contribution >= 0.6 is 11.3 Å². The Kier molecular flexibility index (Phi) is 5.55. The molecule has 2 aromatic rings. The molecule has 0 spiro atoms. The van der Waals surface area contributed by atoms with Gasteiger partial charge in [0.1, 0.15) is 0 Å². The van der Waals surface area contributed by atoms with Gasteiger partial charge in [0.2, 0.25) is 15.9 Å². The number of carbonyl (C=O) groups excluding carboxylic acids is 1. The number of aryl methyl sites for hydroxylation is 1. The highest BCUT2D eigenvalue weighted by molar-refractivity contribution is 7.89. The Labute approximate surface area is 167 Å². The molecule has 2 aliphatic rings. The van der Waals surface area contributed by atoms with Crippen molar-refractivity contribution in [2.45, 2.75) is 30.7 Å². The Balaban J connectivity index is 1.54. The molecule has 0 saturated carbocycles. The van der Waals surface area contributed by atoms with E-state index in [0.717, 1.165) is 24.2 Å². The zero-order valence-corrected chi connectivity index (χ0v) is 17.1. The molecule has 0 bridgehead atoms. The predicted octanol–water partition coefficient (Wildman–Crippen LogP) is 1.10. The van der Waals surface area contributed by atoms with E-state index in [1.807, 2.05) is 0 Å². The van der Waals surface area contributed by atoms with Crippen LogP contribution in [-0.4, -0.2) is 67.5 Å². The Hall–Kier alpha value is -1.75. The van der Waals surface area contributed by atoms with E-state index in [1.54, 1.807) is 27.7 Å². The van der Waals surface area contributed by atoms with Crippen molar-refractivity contribution >= 4 is 37.5 Å². The standard InChI is InChI=1S/C18H23N3O5S2/c22-17(19-9-11-26-12-10-19)5-8-21-15-4-3-14(13-16(15)27-18(21)23)28(24,25)20-6-1-2-7-20/h3-4,13H,1-2,5-12H2. The van der Waals surface area contributed by atoms with Gasteiger partial charge in [-0.15, -0.1) is 0 Å². The van der Waals surface area contributed by atoms with Gasteiger partial charge in [0, 0.05) is 39.1 Å². The Morgan fingerprint density at radius 3 is 2.54 bits per heavy atom. The lowest BCUT2D eigenvalue weighted by molar-refractivity contribution is -0.135. The molecule has 0 atom stereocenters. The maximum Gasteiger partial charge on any atom is 0.308 e. The maximum absolute atomic E-state index is 12.7. The van der Waals surface area contributed by atoms with E-state index in [4.69, 9.17) is 4.74 Å². The molecular weight excluding hydrogens is 402 g/mol. The van der Waals surface area contributed by atoms with Gasteiger partial charge in [-0.25, -0.2) is 8.42 Å². The minimum Gasteiger partial charge on any atom is -0.378 e. The van der Waals surface area contributed by atoms with Crippen LogP contribution in [0.15, 0.2) is 27.9 Å². The van der Waals surface area contributed by atoms with Crippen LogP contribution < -0.4 is 4.87 Å². The van der Waals surface area contributed by atoms with Crippen molar-refractivity contribution in [3.8, 4) is 0 Å². The topological polar surface area (TPSA) is 88.9 Å². The van der Waals surface area contributed by atoms with Crippen molar-refractivity contribution in [2.24, 2.45) is 0 Å². The molecule has 1 amide bonds. The predicted molar refractivity (Wildman–Crippen MR) is 106 cm³/mol. The first-order valence-electron chi connectivity index (χ1n) is 9.46. The largest absolute Gasteiger partial charge is 0.378 e. The second-order valence-electron chi connectivity index (χ2n) is 7.00. The van der Waals surface area contributed by atoms with Gasteiger partial charge in [-0.2, -0.15) is 4.31 Å². The first kappa shape index (κ1) is 19.6. The summed E-state index contributed by atoms with van der Waals surface area (Å²) in [6.07, 6.45) is 1.99. The molecule has 1 aromatic carbocycles. The summed E-state index contributed by atoms with van der Waals surface area (Å²) in [4.78, 5) is 26.6. The van der Waals surface area contributed by atoms with Gasteiger partial charge in [0.15, 0.2) is 0 Å². The van der Waals surface area contributed by atoms with Crippen LogP contribution in [-0.2, 0) is 26.1 Å². The van der Waals surface area contributed by atoms with Gasteiger partial charge < -0.3 is 9.64 Å². The van der Waals surface area contributed by atoms with E-state index < -0.39 is 10.0 Å². The van der Waals surface area contributed by atoms with Crippen molar-refractivity contribution in [3.63, 3.8) is 0 Å². The number of morpholine rings is 1. The normalized spacial score (nSPS) is 18.8. The molecule has 2 aliphatic heterocycles. The van der Waals surface area contributed by atoms with Crippen molar-refractivity contribution < 1.29 is 17.9 Å². The van der Waals surface area contributed by atoms with Crippen molar-refractivity contribution in [1.29, 1.82) is 0 Å². The lowest BCUT2D eigenvalue weighted by Crippen LogP contribution is -2.41. The zero-order chi connectivity index (χ0) is 19.7. The van der Waals surface area contributed by atoms with Crippen LogP contribution in [0.25, 0.3) is 10.2 Å². The van der Waals surface area contributed by atoms with Gasteiger partial charge >= 0.3 is 4.87 Å². The first-order chi connectivity index (χ1) is 13.5. The molecule has 0 unspecified atom stereocenters. The van der Waals surface area contributed by atoms with Crippen molar-refractivity contribution in [3.05, 3.63) is 27.9 Å². The molecule has 1 aromatic heterocycles. The summed E-state index contributed by atoms with van der Waals surface area (Å²) in [6, 6.07) is 4.81. The van der Waals surface area contributed by atoms with E-state index in [0.29, 0.717) is 49.6 Å². The molecule has 0 N–H and O–H groups in total. The molecule has 152 valence electrons. The average molecular weight is 426 g/mol. The Bertz CT molecular complexity index is 1030. The SMILES string of the molecule is O=C(CCn1c(=O)sc2cc(S(=O)(=O)N3CCCC3)ccc21)N1CCOCC1. The Morgan fingerprint density at radius 1 is 1.11 bits per heavy atom. The number of nitrogens with zero attached hydrogens (tertiary/aromatic N) is 3. The highest BCUT2D eigenvalue weighted by Gasteiger charge is 2.27. The van der Waals surface area contributed by atoms with Crippen LogP contribution in [0.2, 0.25) is 0 Å². The van der Waals surface area contributed by atoms with Crippen LogP contribution in [0.4, 0.5) is 0 Å². The second kappa shape index (κ2) is 7.94. The number of thiazole rings is 1. The number of ether oxygens (including phenoxy) is 1. The van der Waals surface area contributed by atoms with Gasteiger partial charge in [-0.05, 0) is 31.0 Å². The van der Waals surface area contributed by atoms with Gasteiger partial charge in [-0.3, -0.25) is 14.2 Å². The molecule has 2 fully saturated rings. The highest BCUT2D eigenvalue weighted by atomic mass is 32.2. The van der Waals surface area contributed by atoms with E-state index in [9.17, 15) is 18.0 Å². The summed E-state index contributed by atoms with van der Waals surface area (Å²) in [6.45, 7) is 3.62. The van der Waals surface area contributed by atoms with Crippen molar-refractivity contribution in [2.75, 3.05) is 39.4 Å². The number of carbonyl (C=O) groups is 1. The molecule has 3 heterocycles. The number of hydrogen-bond acceptors (Lipinski definition) is 6. The Morgan fingerprint density at radius 2 is 1.82 bits per heavy atom. The quantitative estimate of drug-likeness (QED) is 0.716. The van der Waals surface area contributed by atoms with Crippen LogP contribution in [0.1, 0.15) is 19.3 Å². The summed E-state index contributed by atoms with van der Waals surface area (Å²) in [7, 11) is -3.52. The molecule has 0 aliphatic carbocycles. The number of fused-ring (bicyclic) bond motifs is 1. The number of sulfonamides is 1. The molecule has 28 heavy (non-hydrogen) atoms. The van der Waals surface area contributed by atoms with Gasteiger partial charge in [0.25, 0.3) is 0 Å². The highest BCUT2D eigenvalue weighted by Crippen LogP contribution is 2.26. The van der Waals surface area contributed by atoms with Gasteiger partial charge in [-0.1, -0.05) is 11.3 Å². The number of rotatable bonds is 5. The lowest BCUT2D eigenvalue weighted by atomic mass is 10.3. The second-order valence-corrected chi connectivity index (χ2v) is 9.93. The van der Waals surface area contributed by atoms with Crippen molar-refractivity contribution in [1.82, 2.24) is 13.8 Å². The number of amides is 1. The third kappa shape index (κ3) is 3.73. The third-order valence-electron chi connectivity index (χ3n) is 5.26. The fraction of sp³-hybridized carbons (Fsp3) is 0.556. The summed E-state index contributed by atoms with van der Waals surface area (Å²) >= 11 is 1.02. The van der Waals surface area contributed by atoms with Crippen LogP contribution in [0.5, 0.6) is 0 Å². The molecule has 8 nitrogen and oxygen atoms in total. The van der Waals surface area contributed by atoms with E-state index in [-0.39, 0.29) is 28.6 Å². The molecular formula is C18H23N3O5S2. The number of aromatic nitrogens is 1. The van der Waals surface area contributed by atoms with Crippen LogP contribution in [0.3, 0.4) is 0 Å². The molecule has 0 radical (unpaired) electrons. The first-order valence-corrected chi connectivity index (χ1v) is 11.7. The fourth-order valence-corrected chi connectivity index (χ4v) is 6.25. The smallest absolute Gasteiger partial charge is 0.308 e. The number of hydrogen-bond donors (Lipinski definition) is 0. The maximum atomic E-state index is 12.7. The third-order valence-corrected chi connectivity index (χ3v) is 8.09. The lowest BCUT2D eigenvalue weighted by Gasteiger charge is -2.26. The summed E-state index contributed by atoms with van der Waals surface area (Å²) in [5, 5.41) is 0. The van der Waals surface area contributed by atoms with E-state index in [1.165, 1.54) is 4.31 Å². The molecule has 4 rings (SSSR count). The summed E-state index contributed by atoms with van der Waals surface area (Å²) in [5.74, 6) is 0.00258. The van der Waals surface area contributed by atoms with E-state index in [2.05, 4.69) is 0 Å². The fourth-order valence-electron chi connectivity index (χ4n) is 3.67. The van der Waals surface area contributed by atoms with E-state index >= 15 is 0 Å². The monoisotopic (exact) mass is 425 g/mol. The van der Waals surface area contributed by atoms with Crippen LogP contribution in [0, 0.1) is 0 Å². The number of benzene rings is 1. The van der Waals surface area contributed by atoms with Gasteiger partial charge in [0.05, 0.1) is 28.3 Å². The molecule has 10 heteroatoms.